The Hall–Kier alpha value is -2.49. The van der Waals surface area contributed by atoms with Crippen LogP contribution in [0.1, 0.15) is 6.42 Å². The van der Waals surface area contributed by atoms with Crippen LogP contribution >= 0.6 is 0 Å². The number of hydrogen-bond donors (Lipinski definition) is 1. The minimum atomic E-state index is -0.822. The molecule has 1 fully saturated rings. The van der Waals surface area contributed by atoms with Crippen molar-refractivity contribution >= 4 is 12.1 Å². The zero-order valence-corrected chi connectivity index (χ0v) is 13.0. The van der Waals surface area contributed by atoms with Crippen molar-refractivity contribution in [2.45, 2.75) is 30.8 Å². The Morgan fingerprint density at radius 3 is 3.00 bits per heavy atom. The zero-order chi connectivity index (χ0) is 17.5. The Bertz CT molecular complexity index is 561. The van der Waals surface area contributed by atoms with Crippen LogP contribution in [0.25, 0.3) is 10.4 Å². The number of carbonyl (C=O) groups is 2. The van der Waals surface area contributed by atoms with E-state index < -0.39 is 36.5 Å². The number of ether oxygens (including phenoxy) is 5. The van der Waals surface area contributed by atoms with Gasteiger partial charge in [-0.3, -0.25) is 0 Å². The predicted octanol–water partition coefficient (Wildman–Crippen LogP) is 0.390. The van der Waals surface area contributed by atoms with Gasteiger partial charge in [0.05, 0.1) is 13.7 Å². The van der Waals surface area contributed by atoms with Crippen molar-refractivity contribution in [3.63, 3.8) is 0 Å². The number of hydrogen-bond acceptors (Lipinski definition) is 9. The molecule has 0 aromatic heterocycles. The summed E-state index contributed by atoms with van der Waals surface area (Å²) < 4.78 is 25.7. The van der Waals surface area contributed by atoms with Crippen molar-refractivity contribution in [2.75, 3.05) is 26.9 Å². The first-order valence-electron chi connectivity index (χ1n) is 7.23. The van der Waals surface area contributed by atoms with E-state index in [1.807, 2.05) is 0 Å². The molecule has 4 atom stereocenters. The molecule has 11 nitrogen and oxygen atoms in total. The van der Waals surface area contributed by atoms with Gasteiger partial charge < -0.3 is 29.4 Å². The molecule has 24 heavy (non-hydrogen) atoms. The van der Waals surface area contributed by atoms with Gasteiger partial charge in [0.2, 0.25) is 5.76 Å². The molecule has 0 unspecified atom stereocenters. The maximum Gasteiger partial charge on any atom is 0.508 e. The molecule has 0 amide bonds. The average molecular weight is 342 g/mol. The van der Waals surface area contributed by atoms with Gasteiger partial charge in [-0.1, -0.05) is 5.11 Å². The molecule has 0 radical (unpaired) electrons. The number of carbonyl (C=O) groups excluding carboxylic acids is 2. The number of rotatable bonds is 7. The maximum atomic E-state index is 11.7. The van der Waals surface area contributed by atoms with Crippen LogP contribution in [0.3, 0.4) is 0 Å². The molecule has 2 N–H and O–H groups in total. The van der Waals surface area contributed by atoms with E-state index in [-0.39, 0.29) is 25.5 Å². The smallest absolute Gasteiger partial charge is 0.479 e. The van der Waals surface area contributed by atoms with E-state index in [2.05, 4.69) is 14.8 Å². The fraction of sp³-hybridized carbons (Fsp3) is 0.692. The van der Waals surface area contributed by atoms with E-state index in [1.54, 1.807) is 0 Å². The Kier molecular flexibility index (Phi) is 6.24. The van der Waals surface area contributed by atoms with Gasteiger partial charge >= 0.3 is 12.1 Å². The number of nitrogens with two attached hydrogens (primary N) is 1. The number of nitrogens with zero attached hydrogens (tertiary/aromatic N) is 3. The van der Waals surface area contributed by atoms with Crippen LogP contribution in [0.4, 0.5) is 4.79 Å². The summed E-state index contributed by atoms with van der Waals surface area (Å²) in [5, 5.41) is 3.36. The first kappa shape index (κ1) is 17.9. The minimum absolute atomic E-state index is 0.0121. The van der Waals surface area contributed by atoms with Gasteiger partial charge in [0.1, 0.15) is 18.8 Å². The summed E-state index contributed by atoms with van der Waals surface area (Å²) in [6, 6.07) is -0.498. The van der Waals surface area contributed by atoms with Crippen LogP contribution in [-0.2, 0) is 28.5 Å². The van der Waals surface area contributed by atoms with Crippen LogP contribution in [0.15, 0.2) is 16.9 Å². The van der Waals surface area contributed by atoms with Gasteiger partial charge in [-0.2, -0.15) is 0 Å². The third-order valence-corrected chi connectivity index (χ3v) is 3.52. The second-order valence-corrected chi connectivity index (χ2v) is 5.05. The minimum Gasteiger partial charge on any atom is -0.479 e. The van der Waals surface area contributed by atoms with Crippen LogP contribution < -0.4 is 5.73 Å². The molecule has 0 saturated carbocycles. The molecule has 2 rings (SSSR count). The lowest BCUT2D eigenvalue weighted by atomic mass is 9.96. The van der Waals surface area contributed by atoms with Crippen molar-refractivity contribution in [1.29, 1.82) is 0 Å². The molecule has 0 aromatic rings. The van der Waals surface area contributed by atoms with E-state index in [0.717, 1.165) is 0 Å². The SMILES string of the molecule is COC(=O)C1=CC[C@@H](N)[C@H]([C@H](OCCN=[N+]=[N-])[C@H]2COC(=O)O2)O1. The molecule has 11 heteroatoms. The maximum absolute atomic E-state index is 11.7. The normalized spacial score (nSPS) is 27.0. The average Bonchev–Trinajstić information content (AvgIpc) is 3.01. The Morgan fingerprint density at radius 2 is 2.38 bits per heavy atom. The van der Waals surface area contributed by atoms with Gasteiger partial charge in [-0.25, -0.2) is 9.59 Å². The molecule has 0 bridgehead atoms. The van der Waals surface area contributed by atoms with E-state index >= 15 is 0 Å². The van der Waals surface area contributed by atoms with E-state index in [1.165, 1.54) is 13.2 Å². The highest BCUT2D eigenvalue weighted by Crippen LogP contribution is 2.26. The van der Waals surface area contributed by atoms with Gasteiger partial charge in [-0.05, 0) is 18.0 Å². The summed E-state index contributed by atoms with van der Waals surface area (Å²) in [6.45, 7) is 0.109. The van der Waals surface area contributed by atoms with E-state index in [9.17, 15) is 9.59 Å². The van der Waals surface area contributed by atoms with Crippen molar-refractivity contribution in [1.82, 2.24) is 0 Å². The Morgan fingerprint density at radius 1 is 1.58 bits per heavy atom. The Balaban J connectivity index is 2.11. The third-order valence-electron chi connectivity index (χ3n) is 3.52. The molecule has 132 valence electrons. The Labute approximate surface area is 137 Å². The first-order valence-corrected chi connectivity index (χ1v) is 7.23. The molecule has 2 heterocycles. The van der Waals surface area contributed by atoms with Gasteiger partial charge in [0.15, 0.2) is 6.10 Å². The largest absolute Gasteiger partial charge is 0.508 e. The standard InChI is InChI=1S/C13H18N4O7/c1-20-12(18)8-3-2-7(14)10(23-8)11(21-5-4-16-17-15)9-6-22-13(19)24-9/h3,7,9-11H,2,4-6,14H2,1H3/t7-,9-,10-,11-/m1/s1. The summed E-state index contributed by atoms with van der Waals surface area (Å²) in [5.74, 6) is -0.627. The zero-order valence-electron chi connectivity index (χ0n) is 13.0. The highest BCUT2D eigenvalue weighted by molar-refractivity contribution is 5.86. The van der Waals surface area contributed by atoms with Crippen LogP contribution in [0, 0.1) is 0 Å². The van der Waals surface area contributed by atoms with E-state index in [4.69, 9.17) is 30.2 Å². The summed E-state index contributed by atoms with van der Waals surface area (Å²) in [6.07, 6.45) is -1.26. The van der Waals surface area contributed by atoms with E-state index in [0.29, 0.717) is 6.42 Å². The molecule has 0 spiro atoms. The molecule has 0 aliphatic carbocycles. The van der Waals surface area contributed by atoms with Crippen molar-refractivity contribution in [3.05, 3.63) is 22.3 Å². The fourth-order valence-corrected chi connectivity index (χ4v) is 2.39. The van der Waals surface area contributed by atoms with Gasteiger partial charge in [0.25, 0.3) is 0 Å². The van der Waals surface area contributed by atoms with Gasteiger partial charge in [-0.15, -0.1) is 0 Å². The lowest BCUT2D eigenvalue weighted by Gasteiger charge is -2.35. The number of esters is 1. The third kappa shape index (κ3) is 4.28. The summed E-state index contributed by atoms with van der Waals surface area (Å²) in [4.78, 5) is 25.5. The molecule has 2 aliphatic heterocycles. The van der Waals surface area contributed by atoms with Crippen LogP contribution in [0.2, 0.25) is 0 Å². The molecule has 0 aromatic carbocycles. The number of azide groups is 1. The van der Waals surface area contributed by atoms with Crippen molar-refractivity contribution in [3.8, 4) is 0 Å². The predicted molar refractivity (Wildman–Crippen MR) is 77.5 cm³/mol. The second-order valence-electron chi connectivity index (χ2n) is 5.05. The van der Waals surface area contributed by atoms with Crippen molar-refractivity contribution < 1.29 is 33.3 Å². The van der Waals surface area contributed by atoms with Crippen LogP contribution in [0.5, 0.6) is 0 Å². The summed E-state index contributed by atoms with van der Waals surface area (Å²) in [5.41, 5.74) is 14.4. The summed E-state index contributed by atoms with van der Waals surface area (Å²) >= 11 is 0. The quantitative estimate of drug-likeness (QED) is 0.229. The molecule has 2 aliphatic rings. The highest BCUT2D eigenvalue weighted by Gasteiger charge is 2.44. The molecular formula is C13H18N4O7. The highest BCUT2D eigenvalue weighted by atomic mass is 16.8. The fourth-order valence-electron chi connectivity index (χ4n) is 2.39. The monoisotopic (exact) mass is 342 g/mol. The number of methoxy groups -OCH3 is 1. The lowest BCUT2D eigenvalue weighted by Crippen LogP contribution is -2.53. The first-order chi connectivity index (χ1) is 11.6. The topological polar surface area (TPSA) is 155 Å². The second kappa shape index (κ2) is 8.39. The van der Waals surface area contributed by atoms with Crippen LogP contribution in [-0.4, -0.2) is 63.3 Å². The van der Waals surface area contributed by atoms with Crippen molar-refractivity contribution in [2.24, 2.45) is 10.8 Å². The summed E-state index contributed by atoms with van der Waals surface area (Å²) in [7, 11) is 1.23. The molecule has 1 saturated heterocycles. The lowest BCUT2D eigenvalue weighted by molar-refractivity contribution is -0.148. The van der Waals surface area contributed by atoms with Gasteiger partial charge in [0, 0.05) is 17.5 Å². The number of cyclic esters (lactones) is 2. The molecular weight excluding hydrogens is 324 g/mol.